The van der Waals surface area contributed by atoms with Crippen molar-refractivity contribution < 1.29 is 0 Å². The van der Waals surface area contributed by atoms with E-state index in [0.717, 1.165) is 22.8 Å². The molecule has 0 amide bonds. The Morgan fingerprint density at radius 1 is 1.21 bits per heavy atom. The van der Waals surface area contributed by atoms with Gasteiger partial charge in [0.05, 0.1) is 0 Å². The normalized spacial score (nSPS) is 29.2. The van der Waals surface area contributed by atoms with Crippen molar-refractivity contribution in [1.29, 1.82) is 0 Å². The monoisotopic (exact) mass is 279 g/mol. The minimum absolute atomic E-state index is 0.439. The van der Waals surface area contributed by atoms with Crippen LogP contribution in [0.3, 0.4) is 0 Å². The van der Waals surface area contributed by atoms with Crippen molar-refractivity contribution in [2.24, 2.45) is 17.8 Å². The zero-order valence-corrected chi connectivity index (χ0v) is 13.3. The molecule has 0 saturated heterocycles. The maximum absolute atomic E-state index is 6.28. The van der Waals surface area contributed by atoms with Gasteiger partial charge < -0.3 is 5.32 Å². The summed E-state index contributed by atoms with van der Waals surface area (Å²) in [7, 11) is 2.08. The van der Waals surface area contributed by atoms with E-state index in [1.165, 1.54) is 30.4 Å². The lowest BCUT2D eigenvalue weighted by Crippen LogP contribution is -2.32. The summed E-state index contributed by atoms with van der Waals surface area (Å²) in [6.07, 6.45) is 3.99. The third-order valence-electron chi connectivity index (χ3n) is 5.07. The van der Waals surface area contributed by atoms with Crippen LogP contribution in [0.1, 0.15) is 50.3 Å². The standard InChI is InChI=1S/C17H26ClN/c1-11-8-9-14(10-12(11)2)17(19-4)15-6-5-7-16(18)13(15)3/h5-7,11-12,14,17,19H,8-10H2,1-4H3. The molecule has 2 rings (SSSR count). The Hall–Kier alpha value is -0.530. The molecule has 0 heterocycles. The van der Waals surface area contributed by atoms with Gasteiger partial charge in [0.1, 0.15) is 0 Å². The number of hydrogen-bond donors (Lipinski definition) is 1. The zero-order valence-electron chi connectivity index (χ0n) is 12.5. The van der Waals surface area contributed by atoms with E-state index in [4.69, 9.17) is 11.6 Å². The van der Waals surface area contributed by atoms with Crippen LogP contribution in [0.2, 0.25) is 5.02 Å². The van der Waals surface area contributed by atoms with Crippen LogP contribution in [0.25, 0.3) is 0 Å². The molecule has 1 aromatic rings. The third kappa shape index (κ3) is 3.14. The van der Waals surface area contributed by atoms with Crippen LogP contribution in [0.15, 0.2) is 18.2 Å². The van der Waals surface area contributed by atoms with Crippen LogP contribution in [-0.2, 0) is 0 Å². The van der Waals surface area contributed by atoms with E-state index in [0.29, 0.717) is 6.04 Å². The molecule has 0 aliphatic heterocycles. The second-order valence-electron chi connectivity index (χ2n) is 6.25. The molecule has 1 fully saturated rings. The van der Waals surface area contributed by atoms with E-state index in [2.05, 4.69) is 45.3 Å². The Kier molecular flexibility index (Phi) is 4.92. The first-order valence-electron chi connectivity index (χ1n) is 7.46. The number of nitrogens with one attached hydrogen (secondary N) is 1. The first kappa shape index (κ1) is 14.9. The summed E-state index contributed by atoms with van der Waals surface area (Å²) in [4.78, 5) is 0. The molecule has 1 N–H and O–H groups in total. The van der Waals surface area contributed by atoms with E-state index >= 15 is 0 Å². The Morgan fingerprint density at radius 3 is 2.58 bits per heavy atom. The molecular formula is C17H26ClN. The summed E-state index contributed by atoms with van der Waals surface area (Å²) in [6.45, 7) is 6.92. The molecule has 0 bridgehead atoms. The summed E-state index contributed by atoms with van der Waals surface area (Å²) < 4.78 is 0. The maximum atomic E-state index is 6.28. The van der Waals surface area contributed by atoms with E-state index in [-0.39, 0.29) is 0 Å². The lowest BCUT2D eigenvalue weighted by molar-refractivity contribution is 0.174. The molecule has 0 radical (unpaired) electrons. The van der Waals surface area contributed by atoms with Gasteiger partial charge >= 0.3 is 0 Å². The number of rotatable bonds is 3. The topological polar surface area (TPSA) is 12.0 Å². The Labute approximate surface area is 122 Å². The molecule has 4 atom stereocenters. The van der Waals surface area contributed by atoms with Crippen LogP contribution < -0.4 is 5.32 Å². The first-order valence-corrected chi connectivity index (χ1v) is 7.84. The van der Waals surface area contributed by atoms with Gasteiger partial charge in [-0.1, -0.05) is 44.0 Å². The van der Waals surface area contributed by atoms with Gasteiger partial charge in [0, 0.05) is 11.1 Å². The van der Waals surface area contributed by atoms with Crippen LogP contribution >= 0.6 is 11.6 Å². The lowest BCUT2D eigenvalue weighted by Gasteiger charge is -2.37. The molecule has 0 spiro atoms. The van der Waals surface area contributed by atoms with E-state index < -0.39 is 0 Å². The minimum Gasteiger partial charge on any atom is -0.313 e. The molecule has 1 nitrogen and oxygen atoms in total. The van der Waals surface area contributed by atoms with Crippen molar-refractivity contribution in [2.45, 2.75) is 46.1 Å². The fourth-order valence-corrected chi connectivity index (χ4v) is 3.68. The predicted octanol–water partition coefficient (Wildman–Crippen LogP) is 4.98. The minimum atomic E-state index is 0.439. The highest BCUT2D eigenvalue weighted by atomic mass is 35.5. The van der Waals surface area contributed by atoms with Crippen molar-refractivity contribution in [3.05, 3.63) is 34.3 Å². The van der Waals surface area contributed by atoms with Crippen molar-refractivity contribution in [3.8, 4) is 0 Å². The summed E-state index contributed by atoms with van der Waals surface area (Å²) >= 11 is 6.28. The number of hydrogen-bond acceptors (Lipinski definition) is 1. The average Bonchev–Trinajstić information content (AvgIpc) is 2.39. The smallest absolute Gasteiger partial charge is 0.0438 e. The zero-order chi connectivity index (χ0) is 14.0. The summed E-state index contributed by atoms with van der Waals surface area (Å²) in [5, 5.41) is 4.42. The second kappa shape index (κ2) is 6.28. The third-order valence-corrected chi connectivity index (χ3v) is 5.48. The SMILES string of the molecule is CNC(c1cccc(Cl)c1C)C1CCC(C)C(C)C1. The summed E-state index contributed by atoms with van der Waals surface area (Å²) in [5.74, 6) is 2.43. The van der Waals surface area contributed by atoms with Crippen LogP contribution in [0.4, 0.5) is 0 Å². The van der Waals surface area contributed by atoms with E-state index in [1.54, 1.807) is 0 Å². The second-order valence-corrected chi connectivity index (χ2v) is 6.66. The molecule has 1 saturated carbocycles. The first-order chi connectivity index (χ1) is 9.04. The quantitative estimate of drug-likeness (QED) is 0.823. The van der Waals surface area contributed by atoms with Crippen molar-refractivity contribution in [2.75, 3.05) is 7.05 Å². The fraction of sp³-hybridized carbons (Fsp3) is 0.647. The maximum Gasteiger partial charge on any atom is 0.0438 e. The predicted molar refractivity (Wildman–Crippen MR) is 83.7 cm³/mol. The van der Waals surface area contributed by atoms with Crippen molar-refractivity contribution in [3.63, 3.8) is 0 Å². The van der Waals surface area contributed by atoms with E-state index in [9.17, 15) is 0 Å². The molecule has 4 unspecified atom stereocenters. The van der Waals surface area contributed by atoms with Gasteiger partial charge in [-0.3, -0.25) is 0 Å². The van der Waals surface area contributed by atoms with Gasteiger partial charge in [0.15, 0.2) is 0 Å². The highest BCUT2D eigenvalue weighted by molar-refractivity contribution is 6.31. The van der Waals surface area contributed by atoms with Crippen LogP contribution in [0, 0.1) is 24.7 Å². The molecule has 106 valence electrons. The Bertz CT molecular complexity index is 429. The largest absolute Gasteiger partial charge is 0.313 e. The number of benzene rings is 1. The van der Waals surface area contributed by atoms with Crippen LogP contribution in [0.5, 0.6) is 0 Å². The van der Waals surface area contributed by atoms with Crippen molar-refractivity contribution in [1.82, 2.24) is 5.32 Å². The fourth-order valence-electron chi connectivity index (χ4n) is 3.50. The molecule has 1 aromatic carbocycles. The Balaban J connectivity index is 2.22. The van der Waals surface area contributed by atoms with Gasteiger partial charge in [-0.25, -0.2) is 0 Å². The van der Waals surface area contributed by atoms with Gasteiger partial charge in [-0.15, -0.1) is 0 Å². The van der Waals surface area contributed by atoms with Gasteiger partial charge in [-0.05, 0) is 61.8 Å². The van der Waals surface area contributed by atoms with Gasteiger partial charge in [0.2, 0.25) is 0 Å². The van der Waals surface area contributed by atoms with Gasteiger partial charge in [-0.2, -0.15) is 0 Å². The summed E-state index contributed by atoms with van der Waals surface area (Å²) in [5.41, 5.74) is 2.61. The number of halogens is 1. The molecule has 1 aliphatic rings. The Morgan fingerprint density at radius 2 is 1.95 bits per heavy atom. The molecule has 0 aromatic heterocycles. The van der Waals surface area contributed by atoms with Gasteiger partial charge in [0.25, 0.3) is 0 Å². The highest BCUT2D eigenvalue weighted by Crippen LogP contribution is 2.41. The van der Waals surface area contributed by atoms with Crippen LogP contribution in [-0.4, -0.2) is 7.05 Å². The molecular weight excluding hydrogens is 254 g/mol. The molecule has 2 heteroatoms. The summed E-state index contributed by atoms with van der Waals surface area (Å²) in [6, 6.07) is 6.72. The van der Waals surface area contributed by atoms with E-state index in [1.807, 2.05) is 6.07 Å². The average molecular weight is 280 g/mol. The molecule has 19 heavy (non-hydrogen) atoms. The van der Waals surface area contributed by atoms with Crippen molar-refractivity contribution >= 4 is 11.6 Å². The highest BCUT2D eigenvalue weighted by Gasteiger charge is 2.31. The lowest BCUT2D eigenvalue weighted by atomic mass is 9.71. The molecule has 1 aliphatic carbocycles.